The molecule has 28 heavy (non-hydrogen) atoms. The largest absolute Gasteiger partial charge is 0.493 e. The van der Waals surface area contributed by atoms with Gasteiger partial charge in [-0.3, -0.25) is 0 Å². The van der Waals surface area contributed by atoms with Crippen molar-refractivity contribution in [2.75, 3.05) is 26.6 Å². The van der Waals surface area contributed by atoms with Crippen LogP contribution in [0, 0.1) is 6.92 Å². The first-order valence-electron chi connectivity index (χ1n) is 9.17. The number of anilines is 1. The third kappa shape index (κ3) is 3.02. The van der Waals surface area contributed by atoms with Gasteiger partial charge in [0.05, 0.1) is 33.4 Å². The molecule has 0 bridgehead atoms. The number of fused-ring (bicyclic) bond motifs is 1. The lowest BCUT2D eigenvalue weighted by Crippen LogP contribution is -2.28. The molecule has 0 saturated carbocycles. The van der Waals surface area contributed by atoms with Crippen LogP contribution in [-0.2, 0) is 0 Å². The molecule has 0 amide bonds. The van der Waals surface area contributed by atoms with Crippen molar-refractivity contribution in [1.29, 1.82) is 0 Å². The molecule has 4 rings (SSSR count). The van der Waals surface area contributed by atoms with Crippen LogP contribution in [0.2, 0.25) is 0 Å². The Labute approximate surface area is 164 Å². The molecule has 0 aliphatic carbocycles. The minimum atomic E-state index is -0.0557. The van der Waals surface area contributed by atoms with E-state index in [4.69, 9.17) is 14.2 Å². The van der Waals surface area contributed by atoms with Gasteiger partial charge < -0.3 is 19.5 Å². The summed E-state index contributed by atoms with van der Waals surface area (Å²) in [5.41, 5.74) is 3.43. The number of aromatic nitrogens is 3. The summed E-state index contributed by atoms with van der Waals surface area (Å²) in [6.07, 6.45) is 2.37. The van der Waals surface area contributed by atoms with Gasteiger partial charge in [0.15, 0.2) is 11.5 Å². The van der Waals surface area contributed by atoms with Gasteiger partial charge in [-0.1, -0.05) is 29.8 Å². The Morgan fingerprint density at radius 1 is 0.964 bits per heavy atom. The van der Waals surface area contributed by atoms with Crippen LogP contribution in [0.5, 0.6) is 17.2 Å². The third-order valence-electron chi connectivity index (χ3n) is 5.20. The van der Waals surface area contributed by atoms with Gasteiger partial charge in [-0.25, -0.2) is 4.68 Å². The van der Waals surface area contributed by atoms with Crippen LogP contribution in [0.15, 0.2) is 42.7 Å². The highest BCUT2D eigenvalue weighted by Gasteiger charge is 2.33. The summed E-state index contributed by atoms with van der Waals surface area (Å²) >= 11 is 0. The number of nitrogens with zero attached hydrogens (tertiary/aromatic N) is 3. The van der Waals surface area contributed by atoms with Crippen molar-refractivity contribution in [2.24, 2.45) is 0 Å². The molecule has 1 aliphatic rings. The molecule has 7 nitrogen and oxygen atoms in total. The summed E-state index contributed by atoms with van der Waals surface area (Å²) in [7, 11) is 4.87. The minimum absolute atomic E-state index is 0.0557. The van der Waals surface area contributed by atoms with E-state index in [9.17, 15) is 0 Å². The lowest BCUT2D eigenvalue weighted by atomic mass is 9.92. The summed E-state index contributed by atoms with van der Waals surface area (Å²) in [4.78, 5) is 4.40. The first-order chi connectivity index (χ1) is 13.7. The zero-order valence-electron chi connectivity index (χ0n) is 16.5. The normalized spacial score (nSPS) is 18.1. The van der Waals surface area contributed by atoms with Crippen molar-refractivity contribution in [3.63, 3.8) is 0 Å². The SMILES string of the molecule is COc1ccc(C2CC(c3ccc(C)cc3)Nc3ncnn32)c(OC)c1OC. The van der Waals surface area contributed by atoms with E-state index < -0.39 is 0 Å². The zero-order chi connectivity index (χ0) is 19.7. The molecule has 2 unspecified atom stereocenters. The van der Waals surface area contributed by atoms with E-state index in [1.807, 2.05) is 16.8 Å². The van der Waals surface area contributed by atoms with Crippen LogP contribution in [0.1, 0.15) is 35.2 Å². The minimum Gasteiger partial charge on any atom is -0.493 e. The first kappa shape index (κ1) is 18.2. The van der Waals surface area contributed by atoms with Crippen LogP contribution >= 0.6 is 0 Å². The maximum atomic E-state index is 5.72. The highest BCUT2D eigenvalue weighted by molar-refractivity contribution is 5.57. The number of aryl methyl sites for hydroxylation is 1. The fourth-order valence-corrected chi connectivity index (χ4v) is 3.78. The van der Waals surface area contributed by atoms with Crippen molar-refractivity contribution >= 4 is 5.95 Å². The Kier molecular flexibility index (Phi) is 4.81. The van der Waals surface area contributed by atoms with Crippen molar-refractivity contribution in [1.82, 2.24) is 14.8 Å². The molecular formula is C21H24N4O3. The van der Waals surface area contributed by atoms with Gasteiger partial charge >= 0.3 is 0 Å². The molecule has 2 atom stereocenters. The van der Waals surface area contributed by atoms with Crippen molar-refractivity contribution < 1.29 is 14.2 Å². The average molecular weight is 380 g/mol. The number of nitrogens with one attached hydrogen (secondary N) is 1. The number of methoxy groups -OCH3 is 3. The molecule has 2 aromatic carbocycles. The fourth-order valence-electron chi connectivity index (χ4n) is 3.78. The smallest absolute Gasteiger partial charge is 0.222 e. The molecule has 0 fully saturated rings. The van der Waals surface area contributed by atoms with Crippen molar-refractivity contribution in [2.45, 2.75) is 25.4 Å². The Morgan fingerprint density at radius 3 is 2.39 bits per heavy atom. The topological polar surface area (TPSA) is 70.4 Å². The Balaban J connectivity index is 1.80. The second kappa shape index (κ2) is 7.42. The van der Waals surface area contributed by atoms with Gasteiger partial charge in [-0.05, 0) is 31.0 Å². The molecule has 7 heteroatoms. The Hall–Kier alpha value is -3.22. The van der Waals surface area contributed by atoms with Gasteiger partial charge in [0.25, 0.3) is 0 Å². The molecule has 1 aliphatic heterocycles. The molecule has 0 spiro atoms. The molecule has 0 saturated heterocycles. The summed E-state index contributed by atoms with van der Waals surface area (Å²) in [6, 6.07) is 12.5. The van der Waals surface area contributed by atoms with Gasteiger partial charge in [-0.2, -0.15) is 10.1 Å². The van der Waals surface area contributed by atoms with Crippen LogP contribution in [0.4, 0.5) is 5.95 Å². The van der Waals surface area contributed by atoms with Crippen LogP contribution < -0.4 is 19.5 Å². The number of hydrogen-bond donors (Lipinski definition) is 1. The van der Waals surface area contributed by atoms with E-state index in [1.54, 1.807) is 27.7 Å². The predicted molar refractivity (Wildman–Crippen MR) is 106 cm³/mol. The lowest BCUT2D eigenvalue weighted by Gasteiger charge is -2.32. The second-order valence-corrected chi connectivity index (χ2v) is 6.81. The first-order valence-corrected chi connectivity index (χ1v) is 9.17. The van der Waals surface area contributed by atoms with Gasteiger partial charge in [0.1, 0.15) is 6.33 Å². The number of benzene rings is 2. The fraction of sp³-hybridized carbons (Fsp3) is 0.333. The van der Waals surface area contributed by atoms with Crippen molar-refractivity contribution in [3.8, 4) is 17.2 Å². The van der Waals surface area contributed by atoms with Crippen LogP contribution in [0.3, 0.4) is 0 Å². The van der Waals surface area contributed by atoms with E-state index in [0.29, 0.717) is 17.2 Å². The zero-order valence-corrected chi connectivity index (χ0v) is 16.5. The quantitative estimate of drug-likeness (QED) is 0.727. The van der Waals surface area contributed by atoms with E-state index in [0.717, 1.165) is 17.9 Å². The highest BCUT2D eigenvalue weighted by atomic mass is 16.5. The summed E-state index contributed by atoms with van der Waals surface area (Å²) < 4.78 is 18.6. The third-order valence-corrected chi connectivity index (χ3v) is 5.20. The van der Waals surface area contributed by atoms with Gasteiger partial charge in [0, 0.05) is 5.56 Å². The monoisotopic (exact) mass is 380 g/mol. The van der Waals surface area contributed by atoms with E-state index in [-0.39, 0.29) is 12.1 Å². The lowest BCUT2D eigenvalue weighted by molar-refractivity contribution is 0.315. The molecule has 2 heterocycles. The van der Waals surface area contributed by atoms with Gasteiger partial charge in [-0.15, -0.1) is 0 Å². The van der Waals surface area contributed by atoms with E-state index >= 15 is 0 Å². The molecule has 146 valence electrons. The Bertz CT molecular complexity index is 968. The highest BCUT2D eigenvalue weighted by Crippen LogP contribution is 2.46. The standard InChI is InChI=1S/C21H24N4O3/c1-13-5-7-14(8-6-13)16-11-17(25-21(24-16)22-12-23-25)15-9-10-18(26-2)20(28-4)19(15)27-3/h5-10,12,16-17H,11H2,1-4H3,(H,22,23,24). The summed E-state index contributed by atoms with van der Waals surface area (Å²) in [5, 5.41) is 7.94. The number of rotatable bonds is 5. The number of ether oxygens (including phenoxy) is 3. The summed E-state index contributed by atoms with van der Waals surface area (Å²) in [6.45, 7) is 2.09. The predicted octanol–water partition coefficient (Wildman–Crippen LogP) is 3.76. The molecule has 0 radical (unpaired) electrons. The van der Waals surface area contributed by atoms with Gasteiger partial charge in [0.2, 0.25) is 11.7 Å². The summed E-state index contributed by atoms with van der Waals surface area (Å²) in [5.74, 6) is 2.59. The molecule has 1 N–H and O–H groups in total. The second-order valence-electron chi connectivity index (χ2n) is 6.81. The molecule has 3 aromatic rings. The molecular weight excluding hydrogens is 356 g/mol. The van der Waals surface area contributed by atoms with Crippen molar-refractivity contribution in [3.05, 3.63) is 59.4 Å². The van der Waals surface area contributed by atoms with Crippen LogP contribution in [0.25, 0.3) is 0 Å². The average Bonchev–Trinajstić information content (AvgIpc) is 3.21. The maximum absolute atomic E-state index is 5.72. The Morgan fingerprint density at radius 2 is 1.71 bits per heavy atom. The number of hydrogen-bond acceptors (Lipinski definition) is 6. The molecule has 1 aromatic heterocycles. The van der Waals surface area contributed by atoms with E-state index in [1.165, 1.54) is 11.1 Å². The van der Waals surface area contributed by atoms with E-state index in [2.05, 4.69) is 46.6 Å². The van der Waals surface area contributed by atoms with Crippen LogP contribution in [-0.4, -0.2) is 36.1 Å². The maximum Gasteiger partial charge on any atom is 0.222 e.